The van der Waals surface area contributed by atoms with Crippen LogP contribution in [0.25, 0.3) is 5.65 Å². The van der Waals surface area contributed by atoms with E-state index in [1.165, 1.54) is 10.2 Å². The first-order valence-corrected chi connectivity index (χ1v) is 6.47. The van der Waals surface area contributed by atoms with Crippen LogP contribution < -0.4 is 4.74 Å². The zero-order valence-corrected chi connectivity index (χ0v) is 11.6. The zero-order valence-electron chi connectivity index (χ0n) is 11.6. The second kappa shape index (κ2) is 4.88. The average Bonchev–Trinajstić information content (AvgIpc) is 2.88. The van der Waals surface area contributed by atoms with Gasteiger partial charge in [0.25, 0.3) is 0 Å². The van der Waals surface area contributed by atoms with Crippen molar-refractivity contribution < 1.29 is 4.74 Å². The van der Waals surface area contributed by atoms with E-state index in [9.17, 15) is 0 Å². The number of ether oxygens (including phenoxy) is 1. The zero-order chi connectivity index (χ0) is 14.1. The molecule has 20 heavy (non-hydrogen) atoms. The Kier molecular flexibility index (Phi) is 3.06. The van der Waals surface area contributed by atoms with Crippen LogP contribution in [0, 0.1) is 6.92 Å². The lowest BCUT2D eigenvalue weighted by atomic mass is 10.0. The summed E-state index contributed by atoms with van der Waals surface area (Å²) in [4.78, 5) is 0. The van der Waals surface area contributed by atoms with Gasteiger partial charge in [0.15, 0.2) is 5.65 Å². The van der Waals surface area contributed by atoms with Gasteiger partial charge in [-0.05, 0) is 46.5 Å². The molecule has 6 heteroatoms. The summed E-state index contributed by atoms with van der Waals surface area (Å²) in [6.07, 6.45) is 0. The van der Waals surface area contributed by atoms with E-state index >= 15 is 0 Å². The topological polar surface area (TPSA) is 65.2 Å². The van der Waals surface area contributed by atoms with Crippen LogP contribution in [0.1, 0.15) is 30.9 Å². The molecule has 2 aromatic heterocycles. The Morgan fingerprint density at radius 2 is 2.00 bits per heavy atom. The Labute approximate surface area is 116 Å². The molecule has 0 aliphatic carbocycles. The molecule has 0 radical (unpaired) electrons. The Balaban J connectivity index is 1.95. The Hall–Kier alpha value is -2.50. The minimum Gasteiger partial charge on any atom is -0.437 e. The SMILES string of the molecule is Cc1ccc(C(C)C)cc1Oc1ccc2nnnn2n1. The van der Waals surface area contributed by atoms with Gasteiger partial charge in [-0.15, -0.1) is 14.8 Å². The molecule has 0 saturated heterocycles. The minimum atomic E-state index is 0.452. The van der Waals surface area contributed by atoms with E-state index in [-0.39, 0.29) is 0 Å². The van der Waals surface area contributed by atoms with Crippen LogP contribution in [-0.2, 0) is 0 Å². The molecule has 0 N–H and O–H groups in total. The molecule has 2 heterocycles. The highest BCUT2D eigenvalue weighted by molar-refractivity contribution is 5.41. The summed E-state index contributed by atoms with van der Waals surface area (Å²) in [5.74, 6) is 1.72. The van der Waals surface area contributed by atoms with Crippen molar-refractivity contribution in [2.45, 2.75) is 26.7 Å². The monoisotopic (exact) mass is 269 g/mol. The second-order valence-electron chi connectivity index (χ2n) is 4.98. The van der Waals surface area contributed by atoms with Gasteiger partial charge < -0.3 is 4.74 Å². The molecular formula is C14H15N5O. The molecule has 3 aromatic rings. The number of fused-ring (bicyclic) bond motifs is 1. The summed E-state index contributed by atoms with van der Waals surface area (Å²) >= 11 is 0. The number of tetrazole rings is 1. The summed E-state index contributed by atoms with van der Waals surface area (Å²) in [7, 11) is 0. The first-order chi connectivity index (χ1) is 9.63. The predicted molar refractivity (Wildman–Crippen MR) is 73.9 cm³/mol. The van der Waals surface area contributed by atoms with E-state index in [0.29, 0.717) is 17.4 Å². The van der Waals surface area contributed by atoms with Crippen LogP contribution in [0.3, 0.4) is 0 Å². The first-order valence-electron chi connectivity index (χ1n) is 6.47. The molecule has 0 fully saturated rings. The molecule has 0 unspecified atom stereocenters. The maximum Gasteiger partial charge on any atom is 0.239 e. The first kappa shape index (κ1) is 12.5. The molecule has 3 rings (SSSR count). The molecule has 0 aliphatic rings. The molecule has 0 bridgehead atoms. The summed E-state index contributed by atoms with van der Waals surface area (Å²) in [5.41, 5.74) is 2.88. The van der Waals surface area contributed by atoms with Crippen molar-refractivity contribution in [3.63, 3.8) is 0 Å². The van der Waals surface area contributed by atoms with Crippen LogP contribution in [0.5, 0.6) is 11.6 Å². The quantitative estimate of drug-likeness (QED) is 0.731. The van der Waals surface area contributed by atoms with Crippen LogP contribution in [-0.4, -0.2) is 25.3 Å². The lowest BCUT2D eigenvalue weighted by molar-refractivity contribution is 0.443. The van der Waals surface area contributed by atoms with Gasteiger partial charge in [0, 0.05) is 6.07 Å². The van der Waals surface area contributed by atoms with E-state index in [1.807, 2.05) is 13.0 Å². The molecule has 102 valence electrons. The molecule has 0 aliphatic heterocycles. The summed E-state index contributed by atoms with van der Waals surface area (Å²) < 4.78 is 7.19. The molecule has 1 aromatic carbocycles. The number of nitrogens with zero attached hydrogens (tertiary/aromatic N) is 5. The fraction of sp³-hybridized carbons (Fsp3) is 0.286. The van der Waals surface area contributed by atoms with Gasteiger partial charge >= 0.3 is 0 Å². The van der Waals surface area contributed by atoms with Gasteiger partial charge in [-0.1, -0.05) is 26.0 Å². The lowest BCUT2D eigenvalue weighted by Crippen LogP contribution is -1.98. The van der Waals surface area contributed by atoms with Gasteiger partial charge in [0.2, 0.25) is 5.88 Å². The third-order valence-corrected chi connectivity index (χ3v) is 3.14. The maximum absolute atomic E-state index is 5.85. The van der Waals surface area contributed by atoms with E-state index < -0.39 is 0 Å². The van der Waals surface area contributed by atoms with Crippen LogP contribution in [0.4, 0.5) is 0 Å². The van der Waals surface area contributed by atoms with Gasteiger partial charge in [0.1, 0.15) is 5.75 Å². The molecular weight excluding hydrogens is 254 g/mol. The number of rotatable bonds is 3. The standard InChI is InChI=1S/C14H15N5O/c1-9(2)11-5-4-10(3)12(8-11)20-14-7-6-13-15-17-18-19(13)16-14/h4-9H,1-3H3. The fourth-order valence-electron chi connectivity index (χ4n) is 1.89. The molecule has 0 atom stereocenters. The third kappa shape index (κ3) is 2.32. The van der Waals surface area contributed by atoms with Crippen LogP contribution >= 0.6 is 0 Å². The summed E-state index contributed by atoms with van der Waals surface area (Å²) in [6.45, 7) is 6.31. The number of benzene rings is 1. The third-order valence-electron chi connectivity index (χ3n) is 3.14. The number of aromatic nitrogens is 5. The van der Waals surface area contributed by atoms with Crippen molar-refractivity contribution in [3.05, 3.63) is 41.5 Å². The smallest absolute Gasteiger partial charge is 0.239 e. The summed E-state index contributed by atoms with van der Waals surface area (Å²) in [6, 6.07) is 9.74. The van der Waals surface area contributed by atoms with E-state index in [0.717, 1.165) is 11.3 Å². The molecule has 0 amide bonds. The van der Waals surface area contributed by atoms with Crippen molar-refractivity contribution in [1.29, 1.82) is 0 Å². The Morgan fingerprint density at radius 3 is 2.80 bits per heavy atom. The van der Waals surface area contributed by atoms with Gasteiger partial charge in [-0.2, -0.15) is 0 Å². The number of hydrogen-bond acceptors (Lipinski definition) is 5. The Bertz CT molecular complexity index is 750. The highest BCUT2D eigenvalue weighted by Crippen LogP contribution is 2.27. The highest BCUT2D eigenvalue weighted by atomic mass is 16.5. The van der Waals surface area contributed by atoms with Crippen LogP contribution in [0.2, 0.25) is 0 Å². The molecule has 0 saturated carbocycles. The van der Waals surface area contributed by atoms with E-state index in [4.69, 9.17) is 4.74 Å². The predicted octanol–water partition coefficient (Wildman–Crippen LogP) is 2.74. The van der Waals surface area contributed by atoms with Gasteiger partial charge in [0.05, 0.1) is 0 Å². The van der Waals surface area contributed by atoms with Crippen molar-refractivity contribution in [3.8, 4) is 11.6 Å². The molecule has 6 nitrogen and oxygen atoms in total. The lowest BCUT2D eigenvalue weighted by Gasteiger charge is -2.11. The van der Waals surface area contributed by atoms with Crippen molar-refractivity contribution in [2.75, 3.05) is 0 Å². The average molecular weight is 269 g/mol. The number of aryl methyl sites for hydroxylation is 1. The number of hydrogen-bond donors (Lipinski definition) is 0. The van der Waals surface area contributed by atoms with Crippen LogP contribution in [0.15, 0.2) is 30.3 Å². The van der Waals surface area contributed by atoms with E-state index in [1.54, 1.807) is 12.1 Å². The van der Waals surface area contributed by atoms with Crippen molar-refractivity contribution in [2.24, 2.45) is 0 Å². The highest BCUT2D eigenvalue weighted by Gasteiger charge is 2.08. The fourth-order valence-corrected chi connectivity index (χ4v) is 1.89. The largest absolute Gasteiger partial charge is 0.437 e. The normalized spacial score (nSPS) is 11.2. The second-order valence-corrected chi connectivity index (χ2v) is 4.98. The Morgan fingerprint density at radius 1 is 1.15 bits per heavy atom. The summed E-state index contributed by atoms with van der Waals surface area (Å²) in [5, 5.41) is 15.3. The minimum absolute atomic E-state index is 0.452. The van der Waals surface area contributed by atoms with Gasteiger partial charge in [-0.3, -0.25) is 0 Å². The van der Waals surface area contributed by atoms with E-state index in [2.05, 4.69) is 46.6 Å². The van der Waals surface area contributed by atoms with Crippen molar-refractivity contribution >= 4 is 5.65 Å². The van der Waals surface area contributed by atoms with Crippen molar-refractivity contribution in [1.82, 2.24) is 25.3 Å². The van der Waals surface area contributed by atoms with Gasteiger partial charge in [-0.25, -0.2) is 0 Å². The molecule has 0 spiro atoms. The maximum atomic E-state index is 5.85.